The molecule has 1 atom stereocenters. The summed E-state index contributed by atoms with van der Waals surface area (Å²) in [4.78, 5) is 12.5. The topological polar surface area (TPSA) is 63.2 Å². The van der Waals surface area contributed by atoms with E-state index in [1.807, 2.05) is 0 Å². The van der Waals surface area contributed by atoms with Gasteiger partial charge in [-0.2, -0.15) is 0 Å². The summed E-state index contributed by atoms with van der Waals surface area (Å²) in [6.45, 7) is 4.82. The average Bonchev–Trinajstić information content (AvgIpc) is 2.45. The first kappa shape index (κ1) is 18.2. The van der Waals surface area contributed by atoms with Crippen molar-refractivity contribution in [2.24, 2.45) is 5.92 Å². The smallest absolute Gasteiger partial charge is 0.251 e. The third kappa shape index (κ3) is 5.43. The zero-order valence-corrected chi connectivity index (χ0v) is 15.0. The molecular formula is C15H22BrNO3S. The molecule has 0 saturated carbocycles. The normalized spacial score (nSPS) is 13.2. The molecule has 1 amide bonds. The van der Waals surface area contributed by atoms with Crippen molar-refractivity contribution in [2.75, 3.05) is 12.8 Å². The minimum Gasteiger partial charge on any atom is -0.351 e. The summed E-state index contributed by atoms with van der Waals surface area (Å²) in [6, 6.07) is 5.98. The standard InChI is InChI=1S/C15H22BrNO3S/c1-4-11(5-2)14(16)10-17-15(18)12-6-8-13(9-7-12)21(3,19)20/h6-9,11,14H,4-5,10H2,1-3H3,(H,17,18). The van der Waals surface area contributed by atoms with E-state index in [1.54, 1.807) is 0 Å². The van der Waals surface area contributed by atoms with Gasteiger partial charge in [-0.25, -0.2) is 8.42 Å². The molecule has 1 N–H and O–H groups in total. The van der Waals surface area contributed by atoms with Gasteiger partial charge in [0.05, 0.1) is 4.90 Å². The second-order valence-electron chi connectivity index (χ2n) is 5.10. The van der Waals surface area contributed by atoms with Crippen LogP contribution in [0, 0.1) is 5.92 Å². The molecule has 6 heteroatoms. The Bertz CT molecular complexity index is 565. The molecule has 0 heterocycles. The number of halogens is 1. The zero-order chi connectivity index (χ0) is 16.0. The average molecular weight is 376 g/mol. The number of amides is 1. The predicted octanol–water partition coefficient (Wildman–Crippen LogP) is 3.02. The van der Waals surface area contributed by atoms with Crippen LogP contribution in [0.15, 0.2) is 29.2 Å². The van der Waals surface area contributed by atoms with Crippen LogP contribution >= 0.6 is 15.9 Å². The molecule has 4 nitrogen and oxygen atoms in total. The van der Waals surface area contributed by atoms with Gasteiger partial charge in [-0.15, -0.1) is 0 Å². The van der Waals surface area contributed by atoms with Gasteiger partial charge in [-0.05, 0) is 30.2 Å². The van der Waals surface area contributed by atoms with Crippen LogP contribution in [0.4, 0.5) is 0 Å². The van der Waals surface area contributed by atoms with E-state index >= 15 is 0 Å². The van der Waals surface area contributed by atoms with Gasteiger partial charge < -0.3 is 5.32 Å². The van der Waals surface area contributed by atoms with Gasteiger partial charge in [0.15, 0.2) is 9.84 Å². The van der Waals surface area contributed by atoms with Gasteiger partial charge in [0.2, 0.25) is 0 Å². The van der Waals surface area contributed by atoms with Gasteiger partial charge in [0.1, 0.15) is 0 Å². The Morgan fingerprint density at radius 1 is 1.19 bits per heavy atom. The molecular weight excluding hydrogens is 354 g/mol. The highest BCUT2D eigenvalue weighted by molar-refractivity contribution is 9.09. The third-order valence-electron chi connectivity index (χ3n) is 3.56. The summed E-state index contributed by atoms with van der Waals surface area (Å²) in [5, 5.41) is 2.87. The number of sulfone groups is 1. The van der Waals surface area contributed by atoms with Gasteiger partial charge in [0, 0.05) is 23.2 Å². The molecule has 1 aromatic rings. The fourth-order valence-corrected chi connectivity index (χ4v) is 3.65. The predicted molar refractivity (Wildman–Crippen MR) is 88.7 cm³/mol. The molecule has 1 aromatic carbocycles. The van der Waals surface area contributed by atoms with E-state index in [0.717, 1.165) is 19.1 Å². The van der Waals surface area contributed by atoms with Gasteiger partial charge in [-0.1, -0.05) is 42.6 Å². The van der Waals surface area contributed by atoms with Gasteiger partial charge in [0.25, 0.3) is 5.91 Å². The van der Waals surface area contributed by atoms with Crippen LogP contribution in [0.2, 0.25) is 0 Å². The van der Waals surface area contributed by atoms with Crippen molar-refractivity contribution in [1.29, 1.82) is 0 Å². The van der Waals surface area contributed by atoms with E-state index in [9.17, 15) is 13.2 Å². The van der Waals surface area contributed by atoms with Crippen LogP contribution in [0.25, 0.3) is 0 Å². The molecule has 21 heavy (non-hydrogen) atoms. The highest BCUT2D eigenvalue weighted by Crippen LogP contribution is 2.19. The molecule has 0 spiro atoms. The highest BCUT2D eigenvalue weighted by atomic mass is 79.9. The van der Waals surface area contributed by atoms with Crippen molar-refractivity contribution in [3.05, 3.63) is 29.8 Å². The zero-order valence-electron chi connectivity index (χ0n) is 12.6. The first-order valence-electron chi connectivity index (χ1n) is 7.02. The molecule has 0 aromatic heterocycles. The molecule has 0 radical (unpaired) electrons. The SMILES string of the molecule is CCC(CC)C(Br)CNC(=O)c1ccc(S(C)(=O)=O)cc1. The van der Waals surface area contributed by atoms with E-state index in [-0.39, 0.29) is 15.6 Å². The maximum Gasteiger partial charge on any atom is 0.251 e. The van der Waals surface area contributed by atoms with E-state index in [0.29, 0.717) is 18.0 Å². The lowest BCUT2D eigenvalue weighted by Crippen LogP contribution is -2.32. The lowest BCUT2D eigenvalue weighted by Gasteiger charge is -2.19. The summed E-state index contributed by atoms with van der Waals surface area (Å²) in [7, 11) is -3.23. The molecule has 0 aliphatic heterocycles. The Labute approximate surface area is 135 Å². The number of nitrogens with one attached hydrogen (secondary N) is 1. The summed E-state index contributed by atoms with van der Waals surface area (Å²) in [5.74, 6) is 0.336. The number of benzene rings is 1. The molecule has 0 aliphatic carbocycles. The van der Waals surface area contributed by atoms with E-state index in [1.165, 1.54) is 24.3 Å². The van der Waals surface area contributed by atoms with E-state index < -0.39 is 9.84 Å². The van der Waals surface area contributed by atoms with Crippen molar-refractivity contribution in [1.82, 2.24) is 5.32 Å². The Morgan fingerprint density at radius 3 is 2.14 bits per heavy atom. The fourth-order valence-electron chi connectivity index (χ4n) is 2.11. The monoisotopic (exact) mass is 375 g/mol. The maximum absolute atomic E-state index is 12.0. The van der Waals surface area contributed by atoms with E-state index in [4.69, 9.17) is 0 Å². The minimum absolute atomic E-state index is 0.189. The number of rotatable bonds is 7. The highest BCUT2D eigenvalue weighted by Gasteiger charge is 2.16. The molecule has 0 saturated heterocycles. The van der Waals surface area contributed by atoms with Crippen molar-refractivity contribution >= 4 is 31.7 Å². The molecule has 0 aliphatic rings. The number of hydrogen-bond acceptors (Lipinski definition) is 3. The van der Waals surface area contributed by atoms with Crippen molar-refractivity contribution in [3.63, 3.8) is 0 Å². The number of hydrogen-bond donors (Lipinski definition) is 1. The molecule has 0 bridgehead atoms. The Morgan fingerprint density at radius 2 is 1.71 bits per heavy atom. The largest absolute Gasteiger partial charge is 0.351 e. The Balaban J connectivity index is 2.64. The first-order chi connectivity index (χ1) is 9.79. The lowest BCUT2D eigenvalue weighted by atomic mass is 9.99. The molecule has 0 fully saturated rings. The second-order valence-corrected chi connectivity index (χ2v) is 8.29. The van der Waals surface area contributed by atoms with Gasteiger partial charge >= 0.3 is 0 Å². The minimum atomic E-state index is -3.23. The summed E-state index contributed by atoms with van der Waals surface area (Å²) in [5.41, 5.74) is 0.464. The Hall–Kier alpha value is -0.880. The van der Waals surface area contributed by atoms with E-state index in [2.05, 4.69) is 35.1 Å². The quantitative estimate of drug-likeness (QED) is 0.744. The van der Waals surface area contributed by atoms with Gasteiger partial charge in [-0.3, -0.25) is 4.79 Å². The molecule has 1 unspecified atom stereocenters. The lowest BCUT2D eigenvalue weighted by molar-refractivity contribution is 0.0952. The van der Waals surface area contributed by atoms with Crippen molar-refractivity contribution < 1.29 is 13.2 Å². The summed E-state index contributed by atoms with van der Waals surface area (Å²) >= 11 is 3.61. The van der Waals surface area contributed by atoms with Crippen LogP contribution < -0.4 is 5.32 Å². The van der Waals surface area contributed by atoms with Crippen LogP contribution in [0.1, 0.15) is 37.0 Å². The molecule has 1 rings (SSSR count). The fraction of sp³-hybridized carbons (Fsp3) is 0.533. The first-order valence-corrected chi connectivity index (χ1v) is 9.82. The summed E-state index contributed by atoms with van der Waals surface area (Å²) < 4.78 is 22.7. The van der Waals surface area contributed by atoms with Crippen molar-refractivity contribution in [2.45, 2.75) is 36.4 Å². The maximum atomic E-state index is 12.0. The van der Waals surface area contributed by atoms with Crippen LogP contribution in [-0.2, 0) is 9.84 Å². The molecule has 118 valence electrons. The number of alkyl halides is 1. The van der Waals surface area contributed by atoms with Crippen molar-refractivity contribution in [3.8, 4) is 0 Å². The third-order valence-corrected chi connectivity index (χ3v) is 5.76. The number of carbonyl (C=O) groups is 1. The summed E-state index contributed by atoms with van der Waals surface area (Å²) in [6.07, 6.45) is 3.27. The van der Waals surface area contributed by atoms with Crippen LogP contribution in [0.3, 0.4) is 0 Å². The Kier molecular flexibility index (Phi) is 6.87. The number of carbonyl (C=O) groups excluding carboxylic acids is 1. The van der Waals surface area contributed by atoms with Crippen LogP contribution in [-0.4, -0.2) is 32.0 Å². The second kappa shape index (κ2) is 7.94. The van der Waals surface area contributed by atoms with Crippen LogP contribution in [0.5, 0.6) is 0 Å².